The summed E-state index contributed by atoms with van der Waals surface area (Å²) in [6, 6.07) is 0. The fourth-order valence-electron chi connectivity index (χ4n) is 1.19. The number of aromatic nitrogens is 3. The third-order valence-electron chi connectivity index (χ3n) is 1.92. The molecule has 2 heterocycles. The quantitative estimate of drug-likeness (QED) is 0.849. The molecule has 0 aliphatic rings. The molecule has 6 heteroatoms. The van der Waals surface area contributed by atoms with Crippen molar-refractivity contribution >= 4 is 17.3 Å². The number of rotatable bonds is 4. The number of hydrogen-bond donors (Lipinski definition) is 1. The number of aryl methyl sites for hydroxylation is 1. The predicted molar refractivity (Wildman–Crippen MR) is 55.2 cm³/mol. The minimum atomic E-state index is -0.795. The van der Waals surface area contributed by atoms with E-state index < -0.39 is 5.97 Å². The van der Waals surface area contributed by atoms with Crippen molar-refractivity contribution < 1.29 is 9.90 Å². The maximum absolute atomic E-state index is 10.4. The smallest absolute Gasteiger partial charge is 0.303 e. The zero-order valence-electron chi connectivity index (χ0n) is 7.83. The first-order valence-electron chi connectivity index (χ1n) is 4.39. The molecular formula is C9H9N3O2S. The van der Waals surface area contributed by atoms with Gasteiger partial charge in [-0.25, -0.2) is 9.67 Å². The van der Waals surface area contributed by atoms with Gasteiger partial charge in [-0.2, -0.15) is 5.10 Å². The van der Waals surface area contributed by atoms with Crippen LogP contribution in [0.3, 0.4) is 0 Å². The van der Waals surface area contributed by atoms with Crippen LogP contribution in [0.15, 0.2) is 23.3 Å². The van der Waals surface area contributed by atoms with Crippen LogP contribution in [0.25, 0.3) is 5.82 Å². The number of carboxylic acid groups (broad SMARTS) is 1. The van der Waals surface area contributed by atoms with Crippen molar-refractivity contribution in [1.82, 2.24) is 14.8 Å². The van der Waals surface area contributed by atoms with E-state index in [-0.39, 0.29) is 6.42 Å². The molecule has 0 aliphatic carbocycles. The molecule has 2 aromatic heterocycles. The highest BCUT2D eigenvalue weighted by Gasteiger charge is 2.04. The normalized spacial score (nSPS) is 10.4. The van der Waals surface area contributed by atoms with E-state index in [0.29, 0.717) is 6.42 Å². The molecule has 0 spiro atoms. The van der Waals surface area contributed by atoms with E-state index in [9.17, 15) is 4.79 Å². The number of carbonyl (C=O) groups is 1. The van der Waals surface area contributed by atoms with Crippen LogP contribution >= 0.6 is 11.3 Å². The summed E-state index contributed by atoms with van der Waals surface area (Å²) in [5, 5.41) is 14.5. The lowest BCUT2D eigenvalue weighted by molar-refractivity contribution is -0.136. The van der Waals surface area contributed by atoms with Gasteiger partial charge in [-0.1, -0.05) is 0 Å². The minimum absolute atomic E-state index is 0.128. The van der Waals surface area contributed by atoms with Gasteiger partial charge in [0, 0.05) is 18.0 Å². The van der Waals surface area contributed by atoms with Crippen LogP contribution in [-0.4, -0.2) is 25.8 Å². The highest BCUT2D eigenvalue weighted by Crippen LogP contribution is 2.09. The van der Waals surface area contributed by atoms with Crippen molar-refractivity contribution in [3.05, 3.63) is 28.8 Å². The second-order valence-corrected chi connectivity index (χ2v) is 3.75. The number of aliphatic carboxylic acids is 1. The molecule has 0 amide bonds. The second kappa shape index (κ2) is 4.22. The molecule has 78 valence electrons. The van der Waals surface area contributed by atoms with Crippen LogP contribution in [0.2, 0.25) is 0 Å². The third-order valence-corrected chi connectivity index (χ3v) is 2.49. The van der Waals surface area contributed by atoms with Crippen LogP contribution in [0, 0.1) is 0 Å². The fourth-order valence-corrected chi connectivity index (χ4v) is 1.71. The molecule has 0 atom stereocenters. The Kier molecular flexibility index (Phi) is 2.77. The Hall–Kier alpha value is -1.69. The molecule has 0 aromatic carbocycles. The molecule has 0 fully saturated rings. The van der Waals surface area contributed by atoms with Crippen molar-refractivity contribution in [3.63, 3.8) is 0 Å². The number of nitrogens with zero attached hydrogens (tertiary/aromatic N) is 3. The average Bonchev–Trinajstić information content (AvgIpc) is 2.85. The third kappa shape index (κ3) is 2.41. The lowest BCUT2D eigenvalue weighted by Gasteiger charge is -1.93. The molecule has 0 unspecified atom stereocenters. The van der Waals surface area contributed by atoms with Crippen molar-refractivity contribution in [3.8, 4) is 5.82 Å². The first-order valence-corrected chi connectivity index (χ1v) is 5.34. The summed E-state index contributed by atoms with van der Waals surface area (Å²) in [5.74, 6) is -0.0296. The van der Waals surface area contributed by atoms with Gasteiger partial charge in [-0.15, -0.1) is 11.3 Å². The van der Waals surface area contributed by atoms with E-state index in [1.807, 2.05) is 5.38 Å². The van der Waals surface area contributed by atoms with E-state index in [0.717, 1.165) is 11.4 Å². The van der Waals surface area contributed by atoms with Gasteiger partial charge in [0.1, 0.15) is 0 Å². The van der Waals surface area contributed by atoms with Crippen molar-refractivity contribution in [1.29, 1.82) is 0 Å². The van der Waals surface area contributed by atoms with E-state index in [2.05, 4.69) is 10.1 Å². The molecule has 0 radical (unpaired) electrons. The van der Waals surface area contributed by atoms with Crippen LogP contribution in [0.5, 0.6) is 0 Å². The van der Waals surface area contributed by atoms with Crippen LogP contribution in [0.4, 0.5) is 0 Å². The van der Waals surface area contributed by atoms with Crippen LogP contribution < -0.4 is 0 Å². The highest BCUT2D eigenvalue weighted by atomic mass is 32.1. The Morgan fingerprint density at radius 2 is 2.47 bits per heavy atom. The SMILES string of the molecule is O=C(O)CCc1cnn(-c2cscn2)c1. The monoisotopic (exact) mass is 223 g/mol. The molecule has 0 saturated heterocycles. The summed E-state index contributed by atoms with van der Waals surface area (Å²) in [7, 11) is 0. The Balaban J connectivity index is 2.08. The van der Waals surface area contributed by atoms with Crippen LogP contribution in [0.1, 0.15) is 12.0 Å². The molecule has 0 bridgehead atoms. The lowest BCUT2D eigenvalue weighted by Crippen LogP contribution is -1.96. The number of carboxylic acids is 1. The van der Waals surface area contributed by atoms with Crippen molar-refractivity contribution in [2.45, 2.75) is 12.8 Å². The number of hydrogen-bond acceptors (Lipinski definition) is 4. The van der Waals surface area contributed by atoms with E-state index in [1.54, 1.807) is 22.6 Å². The van der Waals surface area contributed by atoms with Gasteiger partial charge in [-0.05, 0) is 12.0 Å². The standard InChI is InChI=1S/C9H9N3O2S/c13-9(14)2-1-7-3-11-12(4-7)8-5-15-6-10-8/h3-6H,1-2H2,(H,13,14). The molecule has 2 aromatic rings. The van der Waals surface area contributed by atoms with Gasteiger partial charge in [-0.3, -0.25) is 4.79 Å². The maximum Gasteiger partial charge on any atom is 0.303 e. The fraction of sp³-hybridized carbons (Fsp3) is 0.222. The van der Waals surface area contributed by atoms with Crippen molar-refractivity contribution in [2.24, 2.45) is 0 Å². The summed E-state index contributed by atoms with van der Waals surface area (Å²) in [6.45, 7) is 0. The molecule has 0 aliphatic heterocycles. The maximum atomic E-state index is 10.4. The largest absolute Gasteiger partial charge is 0.481 e. The lowest BCUT2D eigenvalue weighted by atomic mass is 10.2. The Labute approximate surface area is 90.0 Å². The topological polar surface area (TPSA) is 68.0 Å². The second-order valence-electron chi connectivity index (χ2n) is 3.03. The molecule has 2 rings (SSSR count). The van der Waals surface area contributed by atoms with Gasteiger partial charge in [0.15, 0.2) is 5.82 Å². The molecule has 0 saturated carbocycles. The first-order chi connectivity index (χ1) is 7.25. The predicted octanol–water partition coefficient (Wildman–Crippen LogP) is 1.35. The molecule has 1 N–H and O–H groups in total. The minimum Gasteiger partial charge on any atom is -0.481 e. The highest BCUT2D eigenvalue weighted by molar-refractivity contribution is 7.07. The van der Waals surface area contributed by atoms with E-state index >= 15 is 0 Å². The summed E-state index contributed by atoms with van der Waals surface area (Å²) in [5.41, 5.74) is 2.64. The number of thiazole rings is 1. The van der Waals surface area contributed by atoms with E-state index in [1.165, 1.54) is 11.3 Å². The van der Waals surface area contributed by atoms with Crippen LogP contribution in [-0.2, 0) is 11.2 Å². The average molecular weight is 223 g/mol. The zero-order chi connectivity index (χ0) is 10.7. The van der Waals surface area contributed by atoms with Gasteiger partial charge in [0.2, 0.25) is 0 Å². The Bertz CT molecular complexity index is 450. The Morgan fingerprint density at radius 1 is 1.60 bits per heavy atom. The molecular weight excluding hydrogens is 214 g/mol. The summed E-state index contributed by atoms with van der Waals surface area (Å²) >= 11 is 1.50. The van der Waals surface area contributed by atoms with E-state index in [4.69, 9.17) is 5.11 Å². The molecule has 5 nitrogen and oxygen atoms in total. The zero-order valence-corrected chi connectivity index (χ0v) is 8.65. The van der Waals surface area contributed by atoms with Gasteiger partial charge >= 0.3 is 5.97 Å². The van der Waals surface area contributed by atoms with Gasteiger partial charge in [0.25, 0.3) is 0 Å². The van der Waals surface area contributed by atoms with Gasteiger partial charge in [0.05, 0.1) is 11.7 Å². The summed E-state index contributed by atoms with van der Waals surface area (Å²) < 4.78 is 1.65. The Morgan fingerprint density at radius 3 is 3.13 bits per heavy atom. The molecule has 15 heavy (non-hydrogen) atoms. The summed E-state index contributed by atoms with van der Waals surface area (Å²) in [4.78, 5) is 14.5. The first kappa shape index (κ1) is 9.85. The summed E-state index contributed by atoms with van der Waals surface area (Å²) in [6.07, 6.45) is 4.10. The van der Waals surface area contributed by atoms with Gasteiger partial charge < -0.3 is 5.11 Å². The van der Waals surface area contributed by atoms with Crippen molar-refractivity contribution in [2.75, 3.05) is 0 Å².